The van der Waals surface area contributed by atoms with Crippen LogP contribution in [-0.4, -0.2) is 48.7 Å². The lowest BCUT2D eigenvalue weighted by atomic mass is 9.68. The summed E-state index contributed by atoms with van der Waals surface area (Å²) >= 11 is 0. The van der Waals surface area contributed by atoms with Gasteiger partial charge in [-0.2, -0.15) is 4.99 Å². The second kappa shape index (κ2) is 13.7. The van der Waals surface area contributed by atoms with E-state index in [2.05, 4.69) is 10.3 Å². The van der Waals surface area contributed by atoms with Crippen molar-refractivity contribution in [3.8, 4) is 0 Å². The predicted octanol–water partition coefficient (Wildman–Crippen LogP) is 4.62. The number of carbonyl (C=O) groups is 4. The largest absolute Gasteiger partial charge is 0.463 e. The second-order valence-corrected chi connectivity index (χ2v) is 12.4. The topological polar surface area (TPSA) is 156 Å². The van der Waals surface area contributed by atoms with Crippen LogP contribution in [-0.2, 0) is 60.0 Å². The highest BCUT2D eigenvalue weighted by Crippen LogP contribution is 2.43. The summed E-state index contributed by atoms with van der Waals surface area (Å²) < 4.78 is 20.9. The van der Waals surface area contributed by atoms with Crippen LogP contribution >= 0.6 is 0 Å². The maximum Gasteiger partial charge on any atom is 0.435 e. The first-order valence-corrected chi connectivity index (χ1v) is 14.1. The Morgan fingerprint density at radius 2 is 1.35 bits per heavy atom. The zero-order valence-electron chi connectivity index (χ0n) is 25.7. The lowest BCUT2D eigenvalue weighted by Gasteiger charge is -2.36. The lowest BCUT2D eigenvalue weighted by Crippen LogP contribution is -2.47. The summed E-state index contributed by atoms with van der Waals surface area (Å²) in [5.41, 5.74) is 9.10. The van der Waals surface area contributed by atoms with Crippen LogP contribution in [0, 0.1) is 0 Å². The molecule has 0 bridgehead atoms. The van der Waals surface area contributed by atoms with Crippen LogP contribution < -0.4 is 11.1 Å². The molecule has 11 heteroatoms. The van der Waals surface area contributed by atoms with Gasteiger partial charge in [-0.25, -0.2) is 9.59 Å². The molecule has 1 aliphatic carbocycles. The van der Waals surface area contributed by atoms with Gasteiger partial charge in [-0.15, -0.1) is 0 Å². The number of hydrogen-bond donors (Lipinski definition) is 2. The van der Waals surface area contributed by atoms with E-state index in [0.717, 1.165) is 33.4 Å². The maximum atomic E-state index is 13.0. The standard InChI is InChI=1S/C32H41N3O8/c1-30(2,3)42-28(38)34-14-13-32(27(33)35-29(39)43-31(4,5)6)25-11-7-21(17-40-19-36)15-23(25)9-10-24-16-22(18-41-20-37)8-12-26(24)32/h7-8,11-12,15-16,19-20H,9-10,13-14,17-18H2,1-6H3,(H,34,38)(H2,33,35,39). The summed E-state index contributed by atoms with van der Waals surface area (Å²) in [5.74, 6) is -0.00841. The number of amidine groups is 1. The SMILES string of the molecule is CC(C)(C)OC(=O)/N=C(/N)C1(CCNC(=O)OC(C)(C)C)c2ccc(COC=O)cc2CCc2cc(COC=O)ccc21. The van der Waals surface area contributed by atoms with Gasteiger partial charge in [0.25, 0.3) is 12.9 Å². The highest BCUT2D eigenvalue weighted by atomic mass is 16.6. The molecule has 0 aliphatic heterocycles. The molecule has 43 heavy (non-hydrogen) atoms. The minimum atomic E-state index is -1.18. The van der Waals surface area contributed by atoms with Crippen molar-refractivity contribution in [3.63, 3.8) is 0 Å². The van der Waals surface area contributed by atoms with Crippen molar-refractivity contribution in [3.05, 3.63) is 69.8 Å². The molecule has 0 spiro atoms. The van der Waals surface area contributed by atoms with Crippen LogP contribution in [0.25, 0.3) is 0 Å². The number of rotatable bonds is 10. The summed E-state index contributed by atoms with van der Waals surface area (Å²) in [6.07, 6.45) is -0.0311. The van der Waals surface area contributed by atoms with Gasteiger partial charge in [0.15, 0.2) is 0 Å². The fourth-order valence-electron chi connectivity index (χ4n) is 5.21. The molecular weight excluding hydrogens is 554 g/mol. The monoisotopic (exact) mass is 595 g/mol. The molecule has 0 saturated heterocycles. The van der Waals surface area contributed by atoms with Crippen molar-refractivity contribution in [1.29, 1.82) is 0 Å². The molecule has 2 aromatic rings. The average Bonchev–Trinajstić information content (AvgIpc) is 3.03. The Morgan fingerprint density at radius 3 is 1.79 bits per heavy atom. The molecule has 0 radical (unpaired) electrons. The Hall–Kier alpha value is -4.41. The van der Waals surface area contributed by atoms with Crippen LogP contribution in [0.1, 0.15) is 81.3 Å². The van der Waals surface area contributed by atoms with E-state index in [9.17, 15) is 19.2 Å². The van der Waals surface area contributed by atoms with Gasteiger partial charge < -0.3 is 30.0 Å². The van der Waals surface area contributed by atoms with E-state index >= 15 is 0 Å². The Balaban J connectivity index is 2.23. The maximum absolute atomic E-state index is 13.0. The number of nitrogens with one attached hydrogen (secondary N) is 1. The van der Waals surface area contributed by atoms with Crippen molar-refractivity contribution in [2.24, 2.45) is 10.7 Å². The second-order valence-electron chi connectivity index (χ2n) is 12.4. The van der Waals surface area contributed by atoms with E-state index < -0.39 is 28.8 Å². The molecule has 2 aromatic carbocycles. The van der Waals surface area contributed by atoms with Crippen LogP contribution in [0.4, 0.5) is 9.59 Å². The smallest absolute Gasteiger partial charge is 0.435 e. The number of aryl methyl sites for hydroxylation is 2. The van der Waals surface area contributed by atoms with Crippen LogP contribution in [0.3, 0.4) is 0 Å². The number of aliphatic imine (C=N–C) groups is 1. The molecule has 0 aromatic heterocycles. The number of nitrogens with zero attached hydrogens (tertiary/aromatic N) is 1. The normalized spacial score (nSPS) is 14.3. The highest BCUT2D eigenvalue weighted by molar-refractivity contribution is 6.01. The van der Waals surface area contributed by atoms with Crippen molar-refractivity contribution in [1.82, 2.24) is 5.32 Å². The number of ether oxygens (including phenoxy) is 4. The van der Waals surface area contributed by atoms with Crippen molar-refractivity contribution in [2.75, 3.05) is 6.54 Å². The Bertz CT molecular complexity index is 1310. The van der Waals surface area contributed by atoms with E-state index in [4.69, 9.17) is 24.7 Å². The Kier molecular flexibility index (Phi) is 10.6. The minimum Gasteiger partial charge on any atom is -0.463 e. The first-order chi connectivity index (χ1) is 20.2. The van der Waals surface area contributed by atoms with Gasteiger partial charge in [0.2, 0.25) is 0 Å². The minimum absolute atomic E-state index is 0.00841. The molecule has 0 saturated carbocycles. The van der Waals surface area contributed by atoms with Crippen molar-refractivity contribution < 1.29 is 38.1 Å². The first kappa shape index (κ1) is 33.1. The molecule has 3 rings (SSSR count). The summed E-state index contributed by atoms with van der Waals surface area (Å²) in [7, 11) is 0. The van der Waals surface area contributed by atoms with Gasteiger partial charge in [0, 0.05) is 6.54 Å². The fraction of sp³-hybridized carbons (Fsp3) is 0.469. The molecule has 0 heterocycles. The van der Waals surface area contributed by atoms with Crippen molar-refractivity contribution in [2.45, 2.75) is 90.6 Å². The molecule has 232 valence electrons. The summed E-state index contributed by atoms with van der Waals surface area (Å²) in [6, 6.07) is 11.3. The van der Waals surface area contributed by atoms with Gasteiger partial charge >= 0.3 is 12.2 Å². The molecule has 0 fully saturated rings. The van der Waals surface area contributed by atoms with E-state index in [1.807, 2.05) is 36.4 Å². The quantitative estimate of drug-likeness (QED) is 0.173. The van der Waals surface area contributed by atoms with Gasteiger partial charge in [0.05, 0.1) is 5.41 Å². The Morgan fingerprint density at radius 1 is 0.860 bits per heavy atom. The number of fused-ring (bicyclic) bond motifs is 2. The highest BCUT2D eigenvalue weighted by Gasteiger charge is 2.43. The number of carbonyl (C=O) groups excluding carboxylic acids is 4. The summed E-state index contributed by atoms with van der Waals surface area (Å²) in [5, 5.41) is 2.81. The average molecular weight is 596 g/mol. The number of hydrogen-bond acceptors (Lipinski definition) is 8. The molecule has 11 nitrogen and oxygen atoms in total. The molecule has 3 N–H and O–H groups in total. The number of benzene rings is 2. The third-order valence-electron chi connectivity index (χ3n) is 6.77. The number of amides is 2. The van der Waals surface area contributed by atoms with E-state index in [-0.39, 0.29) is 32.0 Å². The third kappa shape index (κ3) is 8.79. The summed E-state index contributed by atoms with van der Waals surface area (Å²) in [6.45, 7) is 11.6. The van der Waals surface area contributed by atoms with Gasteiger partial charge in [-0.05, 0) is 94.2 Å². The summed E-state index contributed by atoms with van der Waals surface area (Å²) in [4.78, 5) is 51.5. The lowest BCUT2D eigenvalue weighted by molar-refractivity contribution is -0.130. The van der Waals surface area contributed by atoms with E-state index in [0.29, 0.717) is 25.8 Å². The third-order valence-corrected chi connectivity index (χ3v) is 6.77. The van der Waals surface area contributed by atoms with Crippen LogP contribution in [0.2, 0.25) is 0 Å². The molecule has 0 unspecified atom stereocenters. The Labute approximate surface area is 252 Å². The zero-order chi connectivity index (χ0) is 31.8. The molecule has 0 atom stereocenters. The van der Waals surface area contributed by atoms with Gasteiger partial charge in [-0.3, -0.25) is 9.59 Å². The first-order valence-electron chi connectivity index (χ1n) is 14.1. The molecule has 2 amide bonds. The molecule has 1 aliphatic rings. The molecular formula is C32H41N3O8. The zero-order valence-corrected chi connectivity index (χ0v) is 25.7. The van der Waals surface area contributed by atoms with E-state index in [1.54, 1.807) is 41.5 Å². The number of alkyl carbamates (subject to hydrolysis) is 1. The van der Waals surface area contributed by atoms with Gasteiger partial charge in [-0.1, -0.05) is 36.4 Å². The van der Waals surface area contributed by atoms with Crippen LogP contribution in [0.15, 0.2) is 41.4 Å². The van der Waals surface area contributed by atoms with Crippen molar-refractivity contribution >= 4 is 31.0 Å². The van der Waals surface area contributed by atoms with Gasteiger partial charge in [0.1, 0.15) is 30.3 Å². The fourth-order valence-corrected chi connectivity index (χ4v) is 5.21. The predicted molar refractivity (Wildman–Crippen MR) is 159 cm³/mol. The van der Waals surface area contributed by atoms with E-state index in [1.165, 1.54) is 0 Å². The van der Waals surface area contributed by atoms with Crippen LogP contribution in [0.5, 0.6) is 0 Å². The number of nitrogens with two attached hydrogens (primary N) is 1.